The molecule has 57 heavy (non-hydrogen) atoms. The molecule has 10 aromatic rings. The van der Waals surface area contributed by atoms with Crippen LogP contribution in [0.15, 0.2) is 231 Å². The molecule has 0 N–H and O–H groups in total. The fourth-order valence-electron chi connectivity index (χ4n) is 7.91. The van der Waals surface area contributed by atoms with Gasteiger partial charge in [-0.1, -0.05) is 121 Å². The van der Waals surface area contributed by atoms with Crippen LogP contribution < -0.4 is 9.80 Å². The molecule has 0 amide bonds. The highest BCUT2D eigenvalue weighted by atomic mass is 15.1. The van der Waals surface area contributed by atoms with E-state index in [1.54, 1.807) is 0 Å². The highest BCUT2D eigenvalue weighted by molar-refractivity contribution is 6.12. The summed E-state index contributed by atoms with van der Waals surface area (Å²) in [5.41, 5.74) is 14.2. The van der Waals surface area contributed by atoms with Crippen molar-refractivity contribution in [3.05, 3.63) is 231 Å². The van der Waals surface area contributed by atoms with E-state index in [-0.39, 0.29) is 0 Å². The summed E-state index contributed by atoms with van der Waals surface area (Å²) < 4.78 is 2.39. The zero-order valence-electron chi connectivity index (χ0n) is 31.2. The van der Waals surface area contributed by atoms with Crippen LogP contribution >= 0.6 is 0 Å². The van der Waals surface area contributed by atoms with Crippen LogP contribution in [0.4, 0.5) is 34.1 Å². The lowest BCUT2D eigenvalue weighted by Crippen LogP contribution is -2.09. The van der Waals surface area contributed by atoms with Crippen molar-refractivity contribution in [2.75, 3.05) is 9.80 Å². The van der Waals surface area contributed by atoms with Crippen molar-refractivity contribution in [3.8, 4) is 28.1 Å². The topological polar surface area (TPSA) is 24.3 Å². The Bertz CT molecular complexity index is 2690. The minimum Gasteiger partial charge on any atom is -0.310 e. The average Bonchev–Trinajstić information content (AvgIpc) is 3.61. The van der Waals surface area contributed by atoms with E-state index in [0.29, 0.717) is 0 Å². The maximum absolute atomic E-state index is 4.85. The van der Waals surface area contributed by atoms with Crippen molar-refractivity contribution in [2.24, 2.45) is 0 Å². The molecule has 4 nitrogen and oxygen atoms in total. The smallest absolute Gasteiger partial charge is 0.0702 e. The fourth-order valence-corrected chi connectivity index (χ4v) is 7.91. The van der Waals surface area contributed by atoms with E-state index in [9.17, 15) is 0 Å². The third-order valence-corrected chi connectivity index (χ3v) is 10.6. The second-order valence-corrected chi connectivity index (χ2v) is 14.1. The second-order valence-electron chi connectivity index (χ2n) is 14.1. The summed E-state index contributed by atoms with van der Waals surface area (Å²) in [5.74, 6) is 0. The molecule has 2 aromatic heterocycles. The molecule has 0 radical (unpaired) electrons. The summed E-state index contributed by atoms with van der Waals surface area (Å²) in [7, 11) is 0. The van der Waals surface area contributed by atoms with Gasteiger partial charge in [-0.3, -0.25) is 4.98 Å². The number of anilines is 6. The van der Waals surface area contributed by atoms with Crippen molar-refractivity contribution >= 4 is 55.9 Å². The van der Waals surface area contributed by atoms with Crippen molar-refractivity contribution in [1.82, 2.24) is 9.55 Å². The molecule has 0 saturated heterocycles. The van der Waals surface area contributed by atoms with Crippen LogP contribution in [-0.4, -0.2) is 9.55 Å². The van der Waals surface area contributed by atoms with E-state index in [4.69, 9.17) is 4.98 Å². The summed E-state index contributed by atoms with van der Waals surface area (Å²) in [5, 5.41) is 2.34. The first-order valence-electron chi connectivity index (χ1n) is 19.3. The van der Waals surface area contributed by atoms with Crippen LogP contribution in [0.5, 0.6) is 0 Å². The van der Waals surface area contributed by atoms with Gasteiger partial charge in [0.1, 0.15) is 0 Å². The second kappa shape index (κ2) is 14.9. The summed E-state index contributed by atoms with van der Waals surface area (Å²) in [6.45, 7) is 0. The molecule has 8 aromatic carbocycles. The Hall–Kier alpha value is -7.69. The van der Waals surface area contributed by atoms with Crippen LogP contribution in [0.1, 0.15) is 0 Å². The number of para-hydroxylation sites is 4. The molecule has 0 saturated carbocycles. The number of nitrogens with zero attached hydrogens (tertiary/aromatic N) is 4. The first-order chi connectivity index (χ1) is 28.3. The van der Waals surface area contributed by atoms with Gasteiger partial charge in [0.25, 0.3) is 0 Å². The van der Waals surface area contributed by atoms with Gasteiger partial charge in [-0.05, 0) is 109 Å². The Morgan fingerprint density at radius 3 is 1.12 bits per heavy atom. The van der Waals surface area contributed by atoms with Crippen molar-refractivity contribution in [3.63, 3.8) is 0 Å². The number of hydrogen-bond donors (Lipinski definition) is 0. The van der Waals surface area contributed by atoms with Gasteiger partial charge < -0.3 is 14.4 Å². The SMILES string of the molecule is c1ccc(-c2ccc(-c3ccc(-n4c5ccc(N(c6ccccc6)c6ccccc6)cc5c5cc(N(c6ccccc6)c6ccccc6)ccc54)cc3)nc2)cc1. The minimum absolute atomic E-state index is 0.946. The van der Waals surface area contributed by atoms with Gasteiger partial charge >= 0.3 is 0 Å². The fraction of sp³-hybridized carbons (Fsp3) is 0. The van der Waals surface area contributed by atoms with Crippen molar-refractivity contribution < 1.29 is 0 Å². The zero-order chi connectivity index (χ0) is 38.0. The lowest BCUT2D eigenvalue weighted by atomic mass is 10.1. The molecule has 0 fully saturated rings. The van der Waals surface area contributed by atoms with E-state index >= 15 is 0 Å². The Labute approximate surface area is 332 Å². The summed E-state index contributed by atoms with van der Waals surface area (Å²) in [4.78, 5) is 9.52. The number of rotatable bonds is 9. The number of hydrogen-bond acceptors (Lipinski definition) is 3. The van der Waals surface area contributed by atoms with E-state index in [1.807, 2.05) is 12.3 Å². The highest BCUT2D eigenvalue weighted by Crippen LogP contribution is 2.42. The Morgan fingerprint density at radius 2 is 0.719 bits per heavy atom. The predicted molar refractivity (Wildman–Crippen MR) is 239 cm³/mol. The van der Waals surface area contributed by atoms with E-state index in [0.717, 1.165) is 73.2 Å². The number of pyridine rings is 1. The van der Waals surface area contributed by atoms with Gasteiger partial charge in [-0.15, -0.1) is 0 Å². The van der Waals surface area contributed by atoms with Gasteiger partial charge in [0.2, 0.25) is 0 Å². The maximum Gasteiger partial charge on any atom is 0.0702 e. The number of benzene rings is 8. The molecule has 0 bridgehead atoms. The number of fused-ring (bicyclic) bond motifs is 3. The Balaban J connectivity index is 1.14. The lowest BCUT2D eigenvalue weighted by Gasteiger charge is -2.26. The third kappa shape index (κ3) is 6.49. The van der Waals surface area contributed by atoms with Crippen LogP contribution in [0.3, 0.4) is 0 Å². The van der Waals surface area contributed by atoms with E-state index in [2.05, 4.69) is 233 Å². The Kier molecular flexibility index (Phi) is 8.82. The van der Waals surface area contributed by atoms with Crippen molar-refractivity contribution in [1.29, 1.82) is 0 Å². The molecule has 2 heterocycles. The predicted octanol–water partition coefficient (Wildman–Crippen LogP) is 14.5. The third-order valence-electron chi connectivity index (χ3n) is 10.6. The Morgan fingerprint density at radius 1 is 0.316 bits per heavy atom. The standard InChI is InChI=1S/C53H38N4/c1-6-16-39(17-7-1)41-28-33-51(54-38-41)40-26-29-46(30-27-40)57-52-34-31-47(55(42-18-8-2-9-19-42)43-20-10-3-11-21-43)36-49(52)50-37-48(32-35-53(50)57)56(44-22-12-4-13-23-44)45-24-14-5-15-25-45/h1-38H. The molecular weight excluding hydrogens is 693 g/mol. The van der Waals surface area contributed by atoms with E-state index in [1.165, 1.54) is 10.8 Å². The lowest BCUT2D eigenvalue weighted by molar-refractivity contribution is 1.18. The van der Waals surface area contributed by atoms with E-state index < -0.39 is 0 Å². The molecule has 4 heteroatoms. The molecule has 0 spiro atoms. The molecular formula is C53H38N4. The summed E-state index contributed by atoms with van der Waals surface area (Å²) in [6, 6.07) is 79.5. The van der Waals surface area contributed by atoms with Crippen molar-refractivity contribution in [2.45, 2.75) is 0 Å². The maximum atomic E-state index is 4.85. The van der Waals surface area contributed by atoms with Gasteiger partial charge in [-0.25, -0.2) is 0 Å². The molecule has 10 rings (SSSR count). The molecule has 0 atom stereocenters. The molecule has 270 valence electrons. The first kappa shape index (κ1) is 33.8. The molecule has 0 aliphatic carbocycles. The van der Waals surface area contributed by atoms with Gasteiger partial charge in [-0.2, -0.15) is 0 Å². The van der Waals surface area contributed by atoms with Crippen LogP contribution in [0.2, 0.25) is 0 Å². The van der Waals surface area contributed by atoms with Gasteiger partial charge in [0, 0.05) is 67.9 Å². The van der Waals surface area contributed by atoms with Crippen LogP contribution in [-0.2, 0) is 0 Å². The van der Waals surface area contributed by atoms with Gasteiger partial charge in [0.15, 0.2) is 0 Å². The monoisotopic (exact) mass is 730 g/mol. The quantitative estimate of drug-likeness (QED) is 0.148. The first-order valence-corrected chi connectivity index (χ1v) is 19.3. The molecule has 0 aliphatic rings. The molecule has 0 aliphatic heterocycles. The summed E-state index contributed by atoms with van der Waals surface area (Å²) in [6.07, 6.45) is 1.96. The zero-order valence-corrected chi connectivity index (χ0v) is 31.2. The van der Waals surface area contributed by atoms with Crippen LogP contribution in [0.25, 0.3) is 49.9 Å². The van der Waals surface area contributed by atoms with Crippen LogP contribution in [0, 0.1) is 0 Å². The number of aromatic nitrogens is 2. The average molecular weight is 731 g/mol. The van der Waals surface area contributed by atoms with Gasteiger partial charge in [0.05, 0.1) is 16.7 Å². The summed E-state index contributed by atoms with van der Waals surface area (Å²) >= 11 is 0. The highest BCUT2D eigenvalue weighted by Gasteiger charge is 2.20. The minimum atomic E-state index is 0.946. The molecule has 0 unspecified atom stereocenters. The normalized spacial score (nSPS) is 11.2. The largest absolute Gasteiger partial charge is 0.310 e.